The van der Waals surface area contributed by atoms with Crippen LogP contribution < -0.4 is 5.32 Å². The summed E-state index contributed by atoms with van der Waals surface area (Å²) < 4.78 is 1.43. The third-order valence-corrected chi connectivity index (χ3v) is 3.87. The summed E-state index contributed by atoms with van der Waals surface area (Å²) in [4.78, 5) is 23.3. The topological polar surface area (TPSA) is 84.2 Å². The normalized spacial score (nSPS) is 17.0. The van der Waals surface area contributed by atoms with Crippen molar-refractivity contribution in [2.75, 3.05) is 5.32 Å². The molecule has 0 radical (unpaired) electrons. The van der Waals surface area contributed by atoms with Gasteiger partial charge in [-0.3, -0.25) is 4.79 Å². The highest BCUT2D eigenvalue weighted by Gasteiger charge is 2.34. The Morgan fingerprint density at radius 2 is 2.09 bits per heavy atom. The highest BCUT2D eigenvalue weighted by molar-refractivity contribution is 5.99. The highest BCUT2D eigenvalue weighted by atomic mass is 16.4. The number of carboxylic acids is 1. The molecule has 0 bridgehead atoms. The largest absolute Gasteiger partial charge is 0.480 e. The summed E-state index contributed by atoms with van der Waals surface area (Å²) in [5.74, 6) is -0.864. The van der Waals surface area contributed by atoms with Gasteiger partial charge in [-0.1, -0.05) is 36.8 Å². The van der Waals surface area contributed by atoms with Gasteiger partial charge in [-0.15, -0.1) is 0 Å². The van der Waals surface area contributed by atoms with E-state index in [2.05, 4.69) is 10.4 Å². The van der Waals surface area contributed by atoms with Crippen LogP contribution in [0.1, 0.15) is 30.6 Å². The lowest BCUT2D eigenvalue weighted by atomic mass is 10.0. The number of aromatic nitrogens is 2. The van der Waals surface area contributed by atoms with E-state index in [-0.39, 0.29) is 12.3 Å². The van der Waals surface area contributed by atoms with E-state index in [4.69, 9.17) is 0 Å². The summed E-state index contributed by atoms with van der Waals surface area (Å²) in [6, 6.07) is 6.94. The number of anilines is 1. The molecule has 2 N–H and O–H groups in total. The number of carboxylic acid groups (broad SMARTS) is 1. The van der Waals surface area contributed by atoms with Crippen molar-refractivity contribution < 1.29 is 14.7 Å². The van der Waals surface area contributed by atoms with E-state index in [1.54, 1.807) is 0 Å². The maximum absolute atomic E-state index is 11.9. The number of carbonyl (C=O) groups excluding carboxylic acids is 1. The van der Waals surface area contributed by atoms with Crippen LogP contribution in [-0.4, -0.2) is 26.8 Å². The number of nitrogens with zero attached hydrogens (tertiary/aromatic N) is 2. The average Bonchev–Trinajstić information content (AvgIpc) is 2.85. The number of carbonyl (C=O) groups is 2. The van der Waals surface area contributed by atoms with E-state index in [0.29, 0.717) is 12.2 Å². The molecule has 0 saturated heterocycles. The summed E-state index contributed by atoms with van der Waals surface area (Å²) in [6.07, 6.45) is 0.561. The fourth-order valence-electron chi connectivity index (χ4n) is 2.73. The number of fused-ring (bicyclic) bond motifs is 1. The fraction of sp³-hybridized carbons (Fsp3) is 0.312. The molecule has 0 unspecified atom stereocenters. The lowest BCUT2D eigenvalue weighted by Crippen LogP contribution is -2.32. The van der Waals surface area contributed by atoms with Crippen LogP contribution >= 0.6 is 0 Å². The Hall–Kier alpha value is -2.63. The third-order valence-electron chi connectivity index (χ3n) is 3.87. The Morgan fingerprint density at radius 3 is 2.68 bits per heavy atom. The molecule has 1 aromatic heterocycles. The molecule has 2 heterocycles. The standard InChI is InChI=1S/C16H17N3O3/c1-3-11-14(10-6-4-9(2)5-7-10)15-17-13(20)8-12(16(21)22)19(15)18-11/h4-7,12H,3,8H2,1-2H3,(H,17,20)(H,21,22)/t12-/m1/s1. The molecule has 2 aromatic rings. The number of amides is 1. The summed E-state index contributed by atoms with van der Waals surface area (Å²) in [5, 5.41) is 16.5. The van der Waals surface area contributed by atoms with Gasteiger partial charge in [-0.2, -0.15) is 5.10 Å². The van der Waals surface area contributed by atoms with E-state index < -0.39 is 12.0 Å². The van der Waals surface area contributed by atoms with Gasteiger partial charge in [0.2, 0.25) is 5.91 Å². The molecule has 1 amide bonds. The Morgan fingerprint density at radius 1 is 1.41 bits per heavy atom. The van der Waals surface area contributed by atoms with Gasteiger partial charge >= 0.3 is 5.97 Å². The van der Waals surface area contributed by atoms with Gasteiger partial charge in [0.05, 0.1) is 12.1 Å². The van der Waals surface area contributed by atoms with Crippen LogP contribution in [0.15, 0.2) is 24.3 Å². The second kappa shape index (κ2) is 5.29. The molecule has 1 atom stereocenters. The second-order valence-electron chi connectivity index (χ2n) is 5.44. The van der Waals surface area contributed by atoms with Crippen LogP contribution in [0.4, 0.5) is 5.82 Å². The predicted octanol–water partition coefficient (Wildman–Crippen LogP) is 2.39. The first-order chi connectivity index (χ1) is 10.5. The van der Waals surface area contributed by atoms with Gasteiger partial charge in [-0.25, -0.2) is 9.48 Å². The molecule has 1 aliphatic heterocycles. The molecule has 114 valence electrons. The number of hydrogen-bond acceptors (Lipinski definition) is 3. The SMILES string of the molecule is CCc1nn2c(c1-c1ccc(C)cc1)NC(=O)C[C@@H]2C(=O)O. The number of rotatable bonds is 3. The number of nitrogens with one attached hydrogen (secondary N) is 1. The Labute approximate surface area is 127 Å². The molecular weight excluding hydrogens is 282 g/mol. The maximum atomic E-state index is 11.9. The van der Waals surface area contributed by atoms with Crippen LogP contribution in [-0.2, 0) is 16.0 Å². The van der Waals surface area contributed by atoms with Crippen LogP contribution in [0.5, 0.6) is 0 Å². The monoisotopic (exact) mass is 299 g/mol. The number of hydrogen-bond donors (Lipinski definition) is 2. The quantitative estimate of drug-likeness (QED) is 0.911. The molecular formula is C16H17N3O3. The predicted molar refractivity (Wildman–Crippen MR) is 81.7 cm³/mol. The van der Waals surface area contributed by atoms with Gasteiger partial charge in [0.25, 0.3) is 0 Å². The van der Waals surface area contributed by atoms with E-state index in [1.807, 2.05) is 38.1 Å². The Bertz CT molecular complexity index is 747. The Balaban J connectivity index is 2.20. The molecule has 0 spiro atoms. The van der Waals surface area contributed by atoms with Gasteiger partial charge < -0.3 is 10.4 Å². The summed E-state index contributed by atoms with van der Waals surface area (Å²) in [5.41, 5.74) is 3.65. The molecule has 6 nitrogen and oxygen atoms in total. The van der Waals surface area contributed by atoms with Gasteiger partial charge in [0.15, 0.2) is 6.04 Å². The van der Waals surface area contributed by atoms with Crippen molar-refractivity contribution in [3.05, 3.63) is 35.5 Å². The first-order valence-electron chi connectivity index (χ1n) is 7.22. The van der Waals surface area contributed by atoms with Crippen LogP contribution in [0.3, 0.4) is 0 Å². The molecule has 0 fully saturated rings. The minimum atomic E-state index is -1.04. The zero-order valence-corrected chi connectivity index (χ0v) is 12.5. The van der Waals surface area contributed by atoms with Crippen LogP contribution in [0.2, 0.25) is 0 Å². The van der Waals surface area contributed by atoms with E-state index >= 15 is 0 Å². The number of aryl methyl sites for hydroxylation is 2. The first-order valence-corrected chi connectivity index (χ1v) is 7.22. The van der Waals surface area contributed by atoms with Crippen molar-refractivity contribution in [3.63, 3.8) is 0 Å². The lowest BCUT2D eigenvalue weighted by Gasteiger charge is -2.22. The van der Waals surface area contributed by atoms with E-state index in [1.165, 1.54) is 4.68 Å². The minimum absolute atomic E-state index is 0.0967. The van der Waals surface area contributed by atoms with Crippen molar-refractivity contribution in [2.45, 2.75) is 32.7 Å². The maximum Gasteiger partial charge on any atom is 0.329 e. The van der Waals surface area contributed by atoms with Crippen LogP contribution in [0, 0.1) is 6.92 Å². The van der Waals surface area contributed by atoms with Crippen molar-refractivity contribution >= 4 is 17.7 Å². The lowest BCUT2D eigenvalue weighted by molar-refractivity contribution is -0.143. The third kappa shape index (κ3) is 2.26. The minimum Gasteiger partial charge on any atom is -0.480 e. The zero-order chi connectivity index (χ0) is 15.9. The average molecular weight is 299 g/mol. The number of benzene rings is 1. The molecule has 0 aliphatic carbocycles. The summed E-state index contributed by atoms with van der Waals surface area (Å²) in [6.45, 7) is 3.96. The fourth-order valence-corrected chi connectivity index (χ4v) is 2.73. The van der Waals surface area contributed by atoms with Crippen molar-refractivity contribution in [2.24, 2.45) is 0 Å². The molecule has 0 saturated carbocycles. The van der Waals surface area contributed by atoms with Gasteiger partial charge in [0.1, 0.15) is 5.82 Å². The smallest absolute Gasteiger partial charge is 0.329 e. The zero-order valence-electron chi connectivity index (χ0n) is 12.5. The summed E-state index contributed by atoms with van der Waals surface area (Å²) >= 11 is 0. The van der Waals surface area contributed by atoms with Crippen LogP contribution in [0.25, 0.3) is 11.1 Å². The van der Waals surface area contributed by atoms with Crippen molar-refractivity contribution in [1.82, 2.24) is 9.78 Å². The van der Waals surface area contributed by atoms with Gasteiger partial charge in [0, 0.05) is 5.56 Å². The number of aliphatic carboxylic acids is 1. The van der Waals surface area contributed by atoms with E-state index in [9.17, 15) is 14.7 Å². The van der Waals surface area contributed by atoms with Crippen molar-refractivity contribution in [1.29, 1.82) is 0 Å². The highest BCUT2D eigenvalue weighted by Crippen LogP contribution is 2.37. The summed E-state index contributed by atoms with van der Waals surface area (Å²) in [7, 11) is 0. The molecule has 3 rings (SSSR count). The van der Waals surface area contributed by atoms with E-state index in [0.717, 1.165) is 22.4 Å². The molecule has 22 heavy (non-hydrogen) atoms. The second-order valence-corrected chi connectivity index (χ2v) is 5.44. The van der Waals surface area contributed by atoms with Gasteiger partial charge in [-0.05, 0) is 18.9 Å². The molecule has 1 aromatic carbocycles. The van der Waals surface area contributed by atoms with Crippen molar-refractivity contribution in [3.8, 4) is 11.1 Å². The Kier molecular flexibility index (Phi) is 3.44. The first kappa shape index (κ1) is 14.3. The molecule has 1 aliphatic rings. The molecule has 6 heteroatoms.